The number of methoxy groups -OCH3 is 1. The van der Waals surface area contributed by atoms with Crippen molar-refractivity contribution in [2.45, 2.75) is 12.8 Å². The minimum Gasteiger partial charge on any atom is -0.497 e. The van der Waals surface area contributed by atoms with E-state index in [9.17, 15) is 4.79 Å². The number of ether oxygens (including phenoxy) is 3. The van der Waals surface area contributed by atoms with Crippen molar-refractivity contribution < 1.29 is 19.0 Å². The molecule has 22 heavy (non-hydrogen) atoms. The van der Waals surface area contributed by atoms with Crippen LogP contribution in [0.3, 0.4) is 0 Å². The van der Waals surface area contributed by atoms with Crippen molar-refractivity contribution in [2.24, 2.45) is 0 Å². The number of halogens is 1. The van der Waals surface area contributed by atoms with Crippen molar-refractivity contribution in [2.75, 3.05) is 13.7 Å². The van der Waals surface area contributed by atoms with Crippen LogP contribution < -0.4 is 14.2 Å². The Kier molecular flexibility index (Phi) is 6.27. The van der Waals surface area contributed by atoms with Gasteiger partial charge in [0.05, 0.1) is 13.7 Å². The largest absolute Gasteiger partial charge is 0.497 e. The molecule has 0 fully saturated rings. The normalized spacial score (nSPS) is 10.1. The second-order valence-corrected chi connectivity index (χ2v) is 5.47. The monoisotopic (exact) mass is 364 g/mol. The van der Waals surface area contributed by atoms with E-state index >= 15 is 0 Å². The number of carbonyl (C=O) groups is 1. The number of carbonyl (C=O) groups excluding carboxylic acids is 1. The molecule has 0 saturated carbocycles. The Labute approximate surface area is 138 Å². The zero-order valence-electron chi connectivity index (χ0n) is 12.3. The van der Waals surface area contributed by atoms with E-state index < -0.39 is 0 Å². The van der Waals surface area contributed by atoms with Crippen LogP contribution in [0.2, 0.25) is 0 Å². The quantitative estimate of drug-likeness (QED) is 0.419. The fraction of sp³-hybridized carbons (Fsp3) is 0.235. The van der Waals surface area contributed by atoms with Crippen molar-refractivity contribution in [3.63, 3.8) is 0 Å². The third-order valence-electron chi connectivity index (χ3n) is 2.90. The maximum Gasteiger partial charge on any atom is 0.311 e. The lowest BCUT2D eigenvalue weighted by Gasteiger charge is -2.07. The van der Waals surface area contributed by atoms with E-state index in [1.165, 1.54) is 0 Å². The molecular weight excluding hydrogens is 348 g/mol. The summed E-state index contributed by atoms with van der Waals surface area (Å²) in [6.45, 7) is 0.460. The molecule has 0 heterocycles. The standard InChI is InChI=1S/C17H17BrO4/c1-20-14-8-10-15(11-9-14)21-12-2-3-17(19)22-16-6-4-13(18)5-7-16/h4-11H,2-3,12H2,1H3. The molecule has 0 aliphatic rings. The van der Waals surface area contributed by atoms with Gasteiger partial charge in [-0.1, -0.05) is 15.9 Å². The van der Waals surface area contributed by atoms with Gasteiger partial charge in [-0.2, -0.15) is 0 Å². The van der Waals surface area contributed by atoms with E-state index in [-0.39, 0.29) is 5.97 Å². The molecule has 0 saturated heterocycles. The molecule has 2 aromatic rings. The van der Waals surface area contributed by atoms with Gasteiger partial charge in [-0.25, -0.2) is 0 Å². The van der Waals surface area contributed by atoms with Crippen LogP contribution in [0.15, 0.2) is 53.0 Å². The van der Waals surface area contributed by atoms with Gasteiger partial charge in [0.1, 0.15) is 17.2 Å². The lowest BCUT2D eigenvalue weighted by Crippen LogP contribution is -2.09. The van der Waals surface area contributed by atoms with Crippen LogP contribution in [0.1, 0.15) is 12.8 Å². The van der Waals surface area contributed by atoms with Crippen LogP contribution in [0.25, 0.3) is 0 Å². The molecule has 0 aliphatic carbocycles. The van der Waals surface area contributed by atoms with Crippen LogP contribution in [0.5, 0.6) is 17.2 Å². The molecule has 5 heteroatoms. The van der Waals surface area contributed by atoms with Crippen molar-refractivity contribution in [3.8, 4) is 17.2 Å². The van der Waals surface area contributed by atoms with Crippen molar-refractivity contribution in [1.82, 2.24) is 0 Å². The molecule has 2 aromatic carbocycles. The maximum atomic E-state index is 11.7. The van der Waals surface area contributed by atoms with Crippen LogP contribution in [-0.2, 0) is 4.79 Å². The number of hydrogen-bond donors (Lipinski definition) is 0. The zero-order chi connectivity index (χ0) is 15.8. The molecular formula is C17H17BrO4. The average molecular weight is 365 g/mol. The summed E-state index contributed by atoms with van der Waals surface area (Å²) in [6, 6.07) is 14.5. The van der Waals surface area contributed by atoms with E-state index in [2.05, 4.69) is 15.9 Å². The fourth-order valence-corrected chi connectivity index (χ4v) is 2.03. The van der Waals surface area contributed by atoms with Crippen molar-refractivity contribution >= 4 is 21.9 Å². The summed E-state index contributed by atoms with van der Waals surface area (Å²) in [5.74, 6) is 1.82. The Hall–Kier alpha value is -2.01. The average Bonchev–Trinajstić information content (AvgIpc) is 2.54. The summed E-state index contributed by atoms with van der Waals surface area (Å²) in [6.07, 6.45) is 0.910. The van der Waals surface area contributed by atoms with Crippen LogP contribution in [0, 0.1) is 0 Å². The molecule has 116 valence electrons. The predicted octanol–water partition coefficient (Wildman–Crippen LogP) is 4.22. The summed E-state index contributed by atoms with van der Waals surface area (Å²) < 4.78 is 16.8. The first kappa shape index (κ1) is 16.4. The third-order valence-corrected chi connectivity index (χ3v) is 3.43. The van der Waals surface area contributed by atoms with Crippen LogP contribution >= 0.6 is 15.9 Å². The van der Waals surface area contributed by atoms with Gasteiger partial charge in [-0.3, -0.25) is 4.79 Å². The molecule has 0 bridgehead atoms. The second-order valence-electron chi connectivity index (χ2n) is 4.56. The Morgan fingerprint density at radius 3 is 2.18 bits per heavy atom. The smallest absolute Gasteiger partial charge is 0.311 e. The summed E-state index contributed by atoms with van der Waals surface area (Å²) >= 11 is 3.33. The van der Waals surface area contributed by atoms with Gasteiger partial charge < -0.3 is 14.2 Å². The van der Waals surface area contributed by atoms with Crippen molar-refractivity contribution in [1.29, 1.82) is 0 Å². The van der Waals surface area contributed by atoms with E-state index in [0.29, 0.717) is 25.2 Å². The van der Waals surface area contributed by atoms with Crippen LogP contribution in [0.4, 0.5) is 0 Å². The molecule has 4 nitrogen and oxygen atoms in total. The van der Waals surface area contributed by atoms with Gasteiger partial charge in [0.15, 0.2) is 0 Å². The van der Waals surface area contributed by atoms with Gasteiger partial charge in [0.25, 0.3) is 0 Å². The highest BCUT2D eigenvalue weighted by molar-refractivity contribution is 9.10. The molecule has 0 aliphatic heterocycles. The second kappa shape index (κ2) is 8.44. The van der Waals surface area contributed by atoms with Gasteiger partial charge in [0, 0.05) is 10.9 Å². The first-order valence-corrected chi connectivity index (χ1v) is 7.70. The first-order chi connectivity index (χ1) is 10.7. The lowest BCUT2D eigenvalue weighted by molar-refractivity contribution is -0.134. The van der Waals surface area contributed by atoms with Gasteiger partial charge in [0.2, 0.25) is 0 Å². The minimum absolute atomic E-state index is 0.263. The topological polar surface area (TPSA) is 44.8 Å². The molecule has 0 unspecified atom stereocenters. The number of benzene rings is 2. The summed E-state index contributed by atoms with van der Waals surface area (Å²) in [4.78, 5) is 11.7. The Balaban J connectivity index is 1.67. The Morgan fingerprint density at radius 1 is 0.955 bits per heavy atom. The molecule has 0 spiro atoms. The molecule has 0 aromatic heterocycles. The highest BCUT2D eigenvalue weighted by Gasteiger charge is 2.05. The molecule has 0 N–H and O–H groups in total. The van der Waals surface area contributed by atoms with Gasteiger partial charge in [-0.05, 0) is 55.0 Å². The van der Waals surface area contributed by atoms with E-state index in [0.717, 1.165) is 16.0 Å². The highest BCUT2D eigenvalue weighted by Crippen LogP contribution is 2.18. The van der Waals surface area contributed by atoms with E-state index in [1.54, 1.807) is 19.2 Å². The SMILES string of the molecule is COc1ccc(OCCCC(=O)Oc2ccc(Br)cc2)cc1. The summed E-state index contributed by atoms with van der Waals surface area (Å²) in [7, 11) is 1.62. The van der Waals surface area contributed by atoms with E-state index in [4.69, 9.17) is 14.2 Å². The van der Waals surface area contributed by atoms with E-state index in [1.807, 2.05) is 36.4 Å². The van der Waals surface area contributed by atoms with Crippen molar-refractivity contribution in [3.05, 3.63) is 53.0 Å². The lowest BCUT2D eigenvalue weighted by atomic mass is 10.3. The maximum absolute atomic E-state index is 11.7. The molecule has 0 radical (unpaired) electrons. The Bertz CT molecular complexity index is 593. The molecule has 2 rings (SSSR count). The Morgan fingerprint density at radius 2 is 1.55 bits per heavy atom. The highest BCUT2D eigenvalue weighted by atomic mass is 79.9. The van der Waals surface area contributed by atoms with Gasteiger partial charge >= 0.3 is 5.97 Å². The molecule has 0 atom stereocenters. The first-order valence-electron chi connectivity index (χ1n) is 6.90. The third kappa shape index (κ3) is 5.41. The number of esters is 1. The van der Waals surface area contributed by atoms with Crippen LogP contribution in [-0.4, -0.2) is 19.7 Å². The number of hydrogen-bond acceptors (Lipinski definition) is 4. The fourth-order valence-electron chi connectivity index (χ4n) is 1.76. The molecule has 0 amide bonds. The van der Waals surface area contributed by atoms with Gasteiger partial charge in [-0.15, -0.1) is 0 Å². The summed E-state index contributed by atoms with van der Waals surface area (Å²) in [5, 5.41) is 0. The zero-order valence-corrected chi connectivity index (χ0v) is 13.8. The minimum atomic E-state index is -0.263. The predicted molar refractivity (Wildman–Crippen MR) is 87.5 cm³/mol. The summed E-state index contributed by atoms with van der Waals surface area (Å²) in [5.41, 5.74) is 0. The number of rotatable bonds is 7.